The zero-order chi connectivity index (χ0) is 30.9. The summed E-state index contributed by atoms with van der Waals surface area (Å²) >= 11 is 0. The molecule has 0 spiro atoms. The molecule has 0 saturated carbocycles. The Kier molecular flexibility index (Phi) is 7.97. The lowest BCUT2D eigenvalue weighted by atomic mass is 10.1. The van der Waals surface area contributed by atoms with E-state index in [4.69, 9.17) is 14.2 Å². The molecule has 10 nitrogen and oxygen atoms in total. The van der Waals surface area contributed by atoms with Gasteiger partial charge in [0.2, 0.25) is 0 Å². The second kappa shape index (κ2) is 11.7. The highest BCUT2D eigenvalue weighted by Crippen LogP contribution is 2.37. The first-order valence-electron chi connectivity index (χ1n) is 13.7. The number of nitrogens with zero attached hydrogens (tertiary/aromatic N) is 3. The molecule has 0 aliphatic rings. The van der Waals surface area contributed by atoms with Gasteiger partial charge in [0.25, 0.3) is 11.5 Å². The highest BCUT2D eigenvalue weighted by molar-refractivity contribution is 6.05. The van der Waals surface area contributed by atoms with Crippen molar-refractivity contribution in [2.45, 2.75) is 33.3 Å². The zero-order valence-corrected chi connectivity index (χ0v) is 25.0. The van der Waals surface area contributed by atoms with Crippen LogP contribution in [-0.4, -0.2) is 44.7 Å². The fourth-order valence-electron chi connectivity index (χ4n) is 4.62. The van der Waals surface area contributed by atoms with Gasteiger partial charge in [-0.15, -0.1) is 0 Å². The van der Waals surface area contributed by atoms with Crippen molar-refractivity contribution in [2.24, 2.45) is 7.05 Å². The second-order valence-electron chi connectivity index (χ2n) is 10.9. The topological polar surface area (TPSA) is 117 Å². The number of carbonyl (C=O) groups is 1. The molecule has 2 heterocycles. The summed E-state index contributed by atoms with van der Waals surface area (Å²) in [6, 6.07) is 19.7. The number of aryl methyl sites for hydroxylation is 1. The molecule has 2 N–H and O–H groups in total. The lowest BCUT2D eigenvalue weighted by Gasteiger charge is -2.19. The van der Waals surface area contributed by atoms with E-state index in [0.29, 0.717) is 51.0 Å². The molecule has 0 aliphatic heterocycles. The average molecular weight is 583 g/mol. The molecule has 10 heteroatoms. The Morgan fingerprint density at radius 3 is 2.33 bits per heavy atom. The largest absolute Gasteiger partial charge is 0.493 e. The normalized spacial score (nSPS) is 11.4. The van der Waals surface area contributed by atoms with E-state index in [9.17, 15) is 14.7 Å². The van der Waals surface area contributed by atoms with Crippen LogP contribution in [0.2, 0.25) is 0 Å². The summed E-state index contributed by atoms with van der Waals surface area (Å²) in [5.41, 5.74) is 2.12. The number of carbonyl (C=O) groups excluding carboxylic acids is 1. The molecule has 0 bridgehead atoms. The van der Waals surface area contributed by atoms with Crippen molar-refractivity contribution in [3.05, 3.63) is 100 Å². The Balaban J connectivity index is 1.34. The highest BCUT2D eigenvalue weighted by Gasteiger charge is 2.22. The summed E-state index contributed by atoms with van der Waals surface area (Å²) in [5.74, 6) is 1.52. The van der Waals surface area contributed by atoms with Gasteiger partial charge >= 0.3 is 0 Å². The van der Waals surface area contributed by atoms with Crippen molar-refractivity contribution in [1.29, 1.82) is 0 Å². The number of benzene rings is 3. The van der Waals surface area contributed by atoms with E-state index < -0.39 is 17.1 Å². The van der Waals surface area contributed by atoms with Crippen LogP contribution in [0.1, 0.15) is 35.5 Å². The smallest absolute Gasteiger partial charge is 0.284 e. The van der Waals surface area contributed by atoms with Crippen LogP contribution in [0.3, 0.4) is 0 Å². The van der Waals surface area contributed by atoms with Crippen LogP contribution in [-0.2, 0) is 7.05 Å². The van der Waals surface area contributed by atoms with Crippen molar-refractivity contribution in [1.82, 2.24) is 14.3 Å². The van der Waals surface area contributed by atoms with Gasteiger partial charge in [0.05, 0.1) is 29.6 Å². The third-order valence-corrected chi connectivity index (χ3v) is 6.97. The number of nitrogens with one attached hydrogen (secondary N) is 1. The number of aliphatic hydroxyl groups is 1. The van der Waals surface area contributed by atoms with Gasteiger partial charge in [-0.1, -0.05) is 17.7 Å². The summed E-state index contributed by atoms with van der Waals surface area (Å²) in [5, 5.41) is 13.6. The predicted molar refractivity (Wildman–Crippen MR) is 165 cm³/mol. The Morgan fingerprint density at radius 2 is 1.67 bits per heavy atom. The number of ether oxygens (including phenoxy) is 3. The molecule has 222 valence electrons. The minimum absolute atomic E-state index is 0.0755. The number of amides is 1. The van der Waals surface area contributed by atoms with Crippen LogP contribution in [0.5, 0.6) is 23.0 Å². The van der Waals surface area contributed by atoms with E-state index in [1.165, 1.54) is 11.8 Å². The van der Waals surface area contributed by atoms with Crippen molar-refractivity contribution in [2.75, 3.05) is 19.0 Å². The summed E-state index contributed by atoms with van der Waals surface area (Å²) in [4.78, 5) is 30.9. The van der Waals surface area contributed by atoms with Crippen LogP contribution >= 0.6 is 0 Å². The van der Waals surface area contributed by atoms with Crippen molar-refractivity contribution in [3.8, 4) is 28.7 Å². The Bertz CT molecular complexity index is 1850. The zero-order valence-electron chi connectivity index (χ0n) is 25.0. The van der Waals surface area contributed by atoms with Crippen LogP contribution < -0.4 is 25.1 Å². The predicted octanol–water partition coefficient (Wildman–Crippen LogP) is 5.54. The Labute approximate surface area is 249 Å². The molecule has 0 aliphatic carbocycles. The first kappa shape index (κ1) is 29.4. The number of hydrogen-bond donors (Lipinski definition) is 2. The van der Waals surface area contributed by atoms with Crippen LogP contribution in [0.4, 0.5) is 5.69 Å². The summed E-state index contributed by atoms with van der Waals surface area (Å²) in [7, 11) is 3.29. The number of anilines is 1. The van der Waals surface area contributed by atoms with Gasteiger partial charge in [0, 0.05) is 30.4 Å². The molecular formula is C33H34N4O6. The standard InChI is InChI=1S/C33H34N4O6/c1-20-7-11-23(12-8-20)37-32(39)30(21(2)36(37)5)31(38)35-22-9-13-24(14-10-22)43-27-15-16-34-26-18-29(42-19-33(3,4)40)28(41-6)17-25(26)27/h7-18,40H,19H2,1-6H3,(H,35,38). The number of fused-ring (bicyclic) bond motifs is 1. The van der Waals surface area contributed by atoms with Gasteiger partial charge < -0.3 is 24.6 Å². The van der Waals surface area contributed by atoms with Crippen molar-refractivity contribution >= 4 is 22.5 Å². The molecule has 0 radical (unpaired) electrons. The van der Waals surface area contributed by atoms with Crippen molar-refractivity contribution in [3.63, 3.8) is 0 Å². The number of rotatable bonds is 9. The van der Waals surface area contributed by atoms with Crippen molar-refractivity contribution < 1.29 is 24.1 Å². The van der Waals surface area contributed by atoms with E-state index >= 15 is 0 Å². The van der Waals surface area contributed by atoms with Crippen LogP contribution in [0.25, 0.3) is 16.6 Å². The molecule has 0 saturated heterocycles. The SMILES string of the molecule is COc1cc2c(Oc3ccc(NC(=O)c4c(C)n(C)n(-c5ccc(C)cc5)c4=O)cc3)ccnc2cc1OCC(C)(C)O. The molecule has 1 amide bonds. The molecule has 5 aromatic rings. The highest BCUT2D eigenvalue weighted by atomic mass is 16.5. The maximum atomic E-state index is 13.3. The molecule has 0 fully saturated rings. The molecule has 43 heavy (non-hydrogen) atoms. The van der Waals surface area contributed by atoms with E-state index in [1.807, 2.05) is 31.2 Å². The van der Waals surface area contributed by atoms with E-state index in [0.717, 1.165) is 5.56 Å². The molecule has 0 atom stereocenters. The summed E-state index contributed by atoms with van der Waals surface area (Å²) in [6.07, 6.45) is 1.63. The first-order valence-corrected chi connectivity index (χ1v) is 13.7. The fourth-order valence-corrected chi connectivity index (χ4v) is 4.62. The molecule has 5 rings (SSSR count). The number of hydrogen-bond acceptors (Lipinski definition) is 7. The van der Waals surface area contributed by atoms with Gasteiger partial charge in [-0.25, -0.2) is 4.68 Å². The average Bonchev–Trinajstić information content (AvgIpc) is 3.20. The van der Waals surface area contributed by atoms with Crippen LogP contribution in [0, 0.1) is 13.8 Å². The van der Waals surface area contributed by atoms with Gasteiger partial charge in [-0.2, -0.15) is 0 Å². The quantitative estimate of drug-likeness (QED) is 0.234. The van der Waals surface area contributed by atoms with Gasteiger partial charge in [-0.05, 0) is 76.2 Å². The second-order valence-corrected chi connectivity index (χ2v) is 10.9. The maximum absolute atomic E-state index is 13.3. The van der Waals surface area contributed by atoms with Gasteiger partial charge in [0.1, 0.15) is 23.7 Å². The molecular weight excluding hydrogens is 548 g/mol. The molecule has 2 aromatic heterocycles. The van der Waals surface area contributed by atoms with E-state index in [2.05, 4.69) is 10.3 Å². The first-order chi connectivity index (χ1) is 20.4. The number of methoxy groups -OCH3 is 1. The molecule has 0 unspecified atom stereocenters. The third kappa shape index (κ3) is 6.24. The maximum Gasteiger partial charge on any atom is 0.284 e. The Hall–Kier alpha value is -5.09. The van der Waals surface area contributed by atoms with Crippen LogP contribution in [0.15, 0.2) is 77.7 Å². The van der Waals surface area contributed by atoms with E-state index in [-0.39, 0.29) is 12.2 Å². The number of aromatic nitrogens is 3. The van der Waals surface area contributed by atoms with E-state index in [1.54, 1.807) is 81.2 Å². The molecule has 3 aromatic carbocycles. The lowest BCUT2D eigenvalue weighted by molar-refractivity contribution is 0.0276. The minimum atomic E-state index is -1.01. The third-order valence-electron chi connectivity index (χ3n) is 6.97. The van der Waals surface area contributed by atoms with Gasteiger partial charge in [-0.3, -0.25) is 19.3 Å². The minimum Gasteiger partial charge on any atom is -0.493 e. The monoisotopic (exact) mass is 582 g/mol. The summed E-state index contributed by atoms with van der Waals surface area (Å²) < 4.78 is 20.6. The lowest BCUT2D eigenvalue weighted by Crippen LogP contribution is -2.27. The van der Waals surface area contributed by atoms with Gasteiger partial charge in [0.15, 0.2) is 11.5 Å². The fraction of sp³-hybridized carbons (Fsp3) is 0.242. The number of pyridine rings is 1. The Morgan fingerprint density at radius 1 is 0.977 bits per heavy atom. The summed E-state index contributed by atoms with van der Waals surface area (Å²) in [6.45, 7) is 7.12.